The van der Waals surface area contributed by atoms with Gasteiger partial charge in [0.05, 0.1) is 18.8 Å². The lowest BCUT2D eigenvalue weighted by molar-refractivity contribution is -0.115. The summed E-state index contributed by atoms with van der Waals surface area (Å²) >= 11 is 0. The molecule has 1 aromatic carbocycles. The van der Waals surface area contributed by atoms with E-state index in [2.05, 4.69) is 5.32 Å². The molecular weight excluding hydrogens is 208 g/mol. The molecule has 0 aliphatic carbocycles. The van der Waals surface area contributed by atoms with Gasteiger partial charge < -0.3 is 10.1 Å². The van der Waals surface area contributed by atoms with Crippen molar-refractivity contribution in [1.82, 2.24) is 5.32 Å². The van der Waals surface area contributed by atoms with E-state index in [0.29, 0.717) is 18.0 Å². The Morgan fingerprint density at radius 1 is 1.44 bits per heavy atom. The number of urea groups is 1. The predicted molar refractivity (Wildman–Crippen MR) is 58.5 cm³/mol. The van der Waals surface area contributed by atoms with Gasteiger partial charge in [0.25, 0.3) is 5.91 Å². The number of amides is 3. The van der Waals surface area contributed by atoms with Crippen molar-refractivity contribution in [2.24, 2.45) is 0 Å². The number of anilines is 1. The Morgan fingerprint density at radius 3 is 2.88 bits per heavy atom. The molecule has 0 bridgehead atoms. The van der Waals surface area contributed by atoms with Crippen LogP contribution in [0.15, 0.2) is 24.3 Å². The SMILES string of the molecule is CCOc1cccc(N2C(=O)CNC2=O)c1. The molecule has 16 heavy (non-hydrogen) atoms. The maximum Gasteiger partial charge on any atom is 0.329 e. The van der Waals surface area contributed by atoms with Crippen LogP contribution in [0.1, 0.15) is 6.92 Å². The van der Waals surface area contributed by atoms with Gasteiger partial charge in [-0.05, 0) is 19.1 Å². The molecule has 84 valence electrons. The highest BCUT2D eigenvalue weighted by Gasteiger charge is 2.29. The highest BCUT2D eigenvalue weighted by Crippen LogP contribution is 2.22. The zero-order valence-corrected chi connectivity index (χ0v) is 8.90. The van der Waals surface area contributed by atoms with Crippen LogP contribution in [0.3, 0.4) is 0 Å². The quantitative estimate of drug-likeness (QED) is 0.777. The molecule has 1 saturated heterocycles. The Hall–Kier alpha value is -2.04. The largest absolute Gasteiger partial charge is 0.494 e. The Morgan fingerprint density at radius 2 is 2.25 bits per heavy atom. The molecule has 0 atom stereocenters. The number of carbonyl (C=O) groups is 2. The Kier molecular flexibility index (Phi) is 2.76. The number of nitrogens with one attached hydrogen (secondary N) is 1. The Bertz CT molecular complexity index is 415. The van der Waals surface area contributed by atoms with Crippen LogP contribution in [-0.2, 0) is 4.79 Å². The minimum absolute atomic E-state index is 0.0533. The average molecular weight is 220 g/mol. The molecule has 1 aromatic rings. The molecule has 0 spiro atoms. The normalized spacial score (nSPS) is 15.2. The summed E-state index contributed by atoms with van der Waals surface area (Å²) in [5, 5.41) is 2.47. The van der Waals surface area contributed by atoms with Crippen LogP contribution in [0.4, 0.5) is 10.5 Å². The van der Waals surface area contributed by atoms with Gasteiger partial charge in [0.2, 0.25) is 0 Å². The third-order valence-electron chi connectivity index (χ3n) is 2.23. The van der Waals surface area contributed by atoms with Crippen molar-refractivity contribution in [3.05, 3.63) is 24.3 Å². The van der Waals surface area contributed by atoms with E-state index in [1.807, 2.05) is 6.92 Å². The second-order valence-corrected chi connectivity index (χ2v) is 3.32. The van der Waals surface area contributed by atoms with Gasteiger partial charge in [0.15, 0.2) is 0 Å². The van der Waals surface area contributed by atoms with Crippen molar-refractivity contribution < 1.29 is 14.3 Å². The van der Waals surface area contributed by atoms with E-state index < -0.39 is 6.03 Å². The van der Waals surface area contributed by atoms with Crippen LogP contribution in [0.2, 0.25) is 0 Å². The number of ether oxygens (including phenoxy) is 1. The van der Waals surface area contributed by atoms with Gasteiger partial charge in [-0.2, -0.15) is 0 Å². The number of rotatable bonds is 3. The fourth-order valence-corrected chi connectivity index (χ4v) is 1.56. The van der Waals surface area contributed by atoms with Crippen molar-refractivity contribution >= 4 is 17.6 Å². The number of hydrogen-bond acceptors (Lipinski definition) is 3. The fraction of sp³-hybridized carbons (Fsp3) is 0.273. The van der Waals surface area contributed by atoms with E-state index in [1.54, 1.807) is 24.3 Å². The van der Waals surface area contributed by atoms with Gasteiger partial charge >= 0.3 is 6.03 Å². The highest BCUT2D eigenvalue weighted by atomic mass is 16.5. The van der Waals surface area contributed by atoms with Crippen molar-refractivity contribution in [3.8, 4) is 5.75 Å². The summed E-state index contributed by atoms with van der Waals surface area (Å²) in [4.78, 5) is 24.0. The minimum Gasteiger partial charge on any atom is -0.494 e. The molecule has 1 aliphatic rings. The predicted octanol–water partition coefficient (Wildman–Crippen LogP) is 1.14. The van der Waals surface area contributed by atoms with Gasteiger partial charge in [0.1, 0.15) is 5.75 Å². The molecular formula is C11H12N2O3. The van der Waals surface area contributed by atoms with E-state index in [4.69, 9.17) is 4.74 Å². The van der Waals surface area contributed by atoms with Crippen LogP contribution in [0, 0.1) is 0 Å². The molecule has 0 unspecified atom stereocenters. The lowest BCUT2D eigenvalue weighted by Crippen LogP contribution is -2.30. The van der Waals surface area contributed by atoms with Crippen LogP contribution >= 0.6 is 0 Å². The first-order valence-electron chi connectivity index (χ1n) is 5.06. The summed E-state index contributed by atoms with van der Waals surface area (Å²) < 4.78 is 5.31. The maximum absolute atomic E-state index is 11.5. The standard InChI is InChI=1S/C11H12N2O3/c1-2-16-9-5-3-4-8(6-9)13-10(14)7-12-11(13)15/h3-6H,2,7H2,1H3,(H,12,15). The van der Waals surface area contributed by atoms with Gasteiger partial charge in [-0.3, -0.25) is 4.79 Å². The zero-order valence-electron chi connectivity index (χ0n) is 8.90. The molecule has 5 heteroatoms. The number of nitrogens with zero attached hydrogens (tertiary/aromatic N) is 1. The van der Waals surface area contributed by atoms with E-state index in [0.717, 1.165) is 4.90 Å². The molecule has 1 fully saturated rings. The molecule has 1 aliphatic heterocycles. The lowest BCUT2D eigenvalue weighted by atomic mass is 10.3. The minimum atomic E-state index is -0.390. The molecule has 3 amide bonds. The van der Waals surface area contributed by atoms with E-state index >= 15 is 0 Å². The Balaban J connectivity index is 2.29. The average Bonchev–Trinajstić information content (AvgIpc) is 2.59. The smallest absolute Gasteiger partial charge is 0.329 e. The van der Waals surface area contributed by atoms with Crippen LogP contribution < -0.4 is 15.0 Å². The fourth-order valence-electron chi connectivity index (χ4n) is 1.56. The third kappa shape index (κ3) is 1.84. The first-order chi connectivity index (χ1) is 7.72. The lowest BCUT2D eigenvalue weighted by Gasteiger charge is -2.13. The third-order valence-corrected chi connectivity index (χ3v) is 2.23. The van der Waals surface area contributed by atoms with Crippen molar-refractivity contribution in [2.45, 2.75) is 6.92 Å². The zero-order chi connectivity index (χ0) is 11.5. The number of carbonyl (C=O) groups excluding carboxylic acids is 2. The molecule has 5 nitrogen and oxygen atoms in total. The number of imide groups is 1. The van der Waals surface area contributed by atoms with Gasteiger partial charge in [-0.25, -0.2) is 9.69 Å². The van der Waals surface area contributed by atoms with E-state index in [9.17, 15) is 9.59 Å². The van der Waals surface area contributed by atoms with Crippen LogP contribution in [-0.4, -0.2) is 25.1 Å². The summed E-state index contributed by atoms with van der Waals surface area (Å²) in [6.07, 6.45) is 0. The molecule has 0 aromatic heterocycles. The van der Waals surface area contributed by atoms with Gasteiger partial charge in [0, 0.05) is 6.07 Å². The van der Waals surface area contributed by atoms with Crippen molar-refractivity contribution in [1.29, 1.82) is 0 Å². The van der Waals surface area contributed by atoms with Gasteiger partial charge in [-0.1, -0.05) is 6.07 Å². The highest BCUT2D eigenvalue weighted by molar-refractivity contribution is 6.19. The van der Waals surface area contributed by atoms with Gasteiger partial charge in [-0.15, -0.1) is 0 Å². The van der Waals surface area contributed by atoms with Crippen LogP contribution in [0.5, 0.6) is 5.75 Å². The van der Waals surface area contributed by atoms with Crippen molar-refractivity contribution in [2.75, 3.05) is 18.1 Å². The first kappa shape index (κ1) is 10.5. The topological polar surface area (TPSA) is 58.6 Å². The monoisotopic (exact) mass is 220 g/mol. The van der Waals surface area contributed by atoms with Crippen molar-refractivity contribution in [3.63, 3.8) is 0 Å². The van der Waals surface area contributed by atoms with E-state index in [-0.39, 0.29) is 12.5 Å². The van der Waals surface area contributed by atoms with E-state index in [1.165, 1.54) is 0 Å². The molecule has 1 N–H and O–H groups in total. The first-order valence-corrected chi connectivity index (χ1v) is 5.06. The second-order valence-electron chi connectivity index (χ2n) is 3.32. The molecule has 0 radical (unpaired) electrons. The molecule has 2 rings (SSSR count). The summed E-state index contributed by atoms with van der Waals surface area (Å²) in [7, 11) is 0. The van der Waals surface area contributed by atoms with Crippen LogP contribution in [0.25, 0.3) is 0 Å². The summed E-state index contributed by atoms with van der Waals surface area (Å²) in [5.41, 5.74) is 0.533. The maximum atomic E-state index is 11.5. The summed E-state index contributed by atoms with van der Waals surface area (Å²) in [6.45, 7) is 2.47. The number of hydrogen-bond donors (Lipinski definition) is 1. The summed E-state index contributed by atoms with van der Waals surface area (Å²) in [6, 6.07) is 6.51. The summed E-state index contributed by atoms with van der Waals surface area (Å²) in [5.74, 6) is 0.395. The second kappa shape index (κ2) is 4.22. The molecule has 0 saturated carbocycles. The molecule has 1 heterocycles. The Labute approximate surface area is 93.0 Å². The number of benzene rings is 1.